The third-order valence-electron chi connectivity index (χ3n) is 1.43. The summed E-state index contributed by atoms with van der Waals surface area (Å²) in [7, 11) is 3.35. The van der Waals surface area contributed by atoms with Gasteiger partial charge in [0.25, 0.3) is 0 Å². The van der Waals surface area contributed by atoms with Crippen molar-refractivity contribution in [3.05, 3.63) is 0 Å². The van der Waals surface area contributed by atoms with Crippen molar-refractivity contribution in [2.75, 3.05) is 14.2 Å². The maximum absolute atomic E-state index is 5.08. The van der Waals surface area contributed by atoms with Crippen molar-refractivity contribution in [1.29, 1.82) is 0 Å². The molecule has 0 amide bonds. The van der Waals surface area contributed by atoms with Crippen LogP contribution in [-0.2, 0) is 9.47 Å². The predicted molar refractivity (Wildman–Crippen MR) is 40.7 cm³/mol. The first-order chi connectivity index (χ1) is 4.74. The fourth-order valence-electron chi connectivity index (χ4n) is 0.682. The highest BCUT2D eigenvalue weighted by molar-refractivity contribution is 4.52. The van der Waals surface area contributed by atoms with E-state index in [0.29, 0.717) is 0 Å². The third-order valence-corrected chi connectivity index (χ3v) is 1.43. The molecule has 0 radical (unpaired) electrons. The van der Waals surface area contributed by atoms with Crippen LogP contribution in [0.15, 0.2) is 0 Å². The quantitative estimate of drug-likeness (QED) is 0.587. The summed E-state index contributed by atoms with van der Waals surface area (Å²) in [6.45, 7) is 4.01. The molecule has 10 heavy (non-hydrogen) atoms. The van der Waals surface area contributed by atoms with E-state index in [2.05, 4.69) is 12.2 Å². The lowest BCUT2D eigenvalue weighted by Crippen LogP contribution is -2.38. The van der Waals surface area contributed by atoms with Crippen LogP contribution in [0.25, 0.3) is 0 Å². The lowest BCUT2D eigenvalue weighted by molar-refractivity contribution is -0.00259. The number of hydrogen-bond donors (Lipinski definition) is 1. The van der Waals surface area contributed by atoms with Crippen LogP contribution in [0.2, 0.25) is 0 Å². The van der Waals surface area contributed by atoms with E-state index in [1.165, 1.54) is 0 Å². The van der Waals surface area contributed by atoms with Crippen LogP contribution in [-0.4, -0.2) is 26.7 Å². The Kier molecular flexibility index (Phi) is 5.58. The van der Waals surface area contributed by atoms with Crippen LogP contribution in [0.1, 0.15) is 20.3 Å². The van der Waals surface area contributed by atoms with Gasteiger partial charge in [-0.2, -0.15) is 0 Å². The number of ether oxygens (including phenoxy) is 2. The topological polar surface area (TPSA) is 30.5 Å². The Morgan fingerprint density at radius 1 is 1.30 bits per heavy atom. The van der Waals surface area contributed by atoms with E-state index < -0.39 is 0 Å². The minimum Gasteiger partial charge on any atom is -0.367 e. The van der Waals surface area contributed by atoms with Crippen LogP contribution < -0.4 is 5.32 Å². The molecule has 0 aliphatic heterocycles. The Morgan fingerprint density at radius 3 is 2.20 bits per heavy atom. The molecule has 1 N–H and O–H groups in total. The van der Waals surface area contributed by atoms with E-state index in [-0.39, 0.29) is 12.5 Å². The van der Waals surface area contributed by atoms with Gasteiger partial charge in [0.05, 0.1) is 0 Å². The molecule has 0 aromatic carbocycles. The molecule has 0 rings (SSSR count). The average molecular weight is 147 g/mol. The summed E-state index contributed by atoms with van der Waals surface area (Å²) in [5.41, 5.74) is 0. The molecule has 0 aliphatic rings. The molecular formula is C7H17NO2. The molecule has 0 saturated carbocycles. The van der Waals surface area contributed by atoms with Gasteiger partial charge in [0, 0.05) is 14.2 Å². The number of rotatable bonds is 5. The van der Waals surface area contributed by atoms with Gasteiger partial charge in [-0.15, -0.1) is 0 Å². The number of hydrogen-bond acceptors (Lipinski definition) is 3. The van der Waals surface area contributed by atoms with E-state index in [0.717, 1.165) is 6.42 Å². The first kappa shape index (κ1) is 9.88. The van der Waals surface area contributed by atoms with Gasteiger partial charge < -0.3 is 9.47 Å². The summed E-state index contributed by atoms with van der Waals surface area (Å²) in [4.78, 5) is 0. The van der Waals surface area contributed by atoms with Gasteiger partial charge in [-0.1, -0.05) is 6.92 Å². The van der Waals surface area contributed by atoms with Crippen molar-refractivity contribution in [2.45, 2.75) is 32.7 Å². The Balaban J connectivity index is 3.41. The van der Waals surface area contributed by atoms with Crippen LogP contribution in [0.3, 0.4) is 0 Å². The molecule has 0 aromatic rings. The Labute approximate surface area is 62.7 Å². The van der Waals surface area contributed by atoms with E-state index in [4.69, 9.17) is 9.47 Å². The highest BCUT2D eigenvalue weighted by Gasteiger charge is 2.06. The van der Waals surface area contributed by atoms with Crippen LogP contribution >= 0.6 is 0 Å². The third kappa shape index (κ3) is 3.82. The maximum Gasteiger partial charge on any atom is 0.109 e. The highest BCUT2D eigenvalue weighted by atomic mass is 16.5. The van der Waals surface area contributed by atoms with Crippen molar-refractivity contribution >= 4 is 0 Å². The molecule has 62 valence electrons. The summed E-state index contributed by atoms with van der Waals surface area (Å²) < 4.78 is 10.1. The summed E-state index contributed by atoms with van der Waals surface area (Å²) in [5, 5.41) is 3.12. The molecule has 0 saturated heterocycles. The van der Waals surface area contributed by atoms with E-state index in [9.17, 15) is 0 Å². The fourth-order valence-corrected chi connectivity index (χ4v) is 0.682. The molecule has 0 fully saturated rings. The van der Waals surface area contributed by atoms with Crippen LogP contribution in [0.5, 0.6) is 0 Å². The minimum atomic E-state index is 0.0601. The van der Waals surface area contributed by atoms with Gasteiger partial charge in [-0.05, 0) is 13.3 Å². The largest absolute Gasteiger partial charge is 0.367 e. The molecule has 0 spiro atoms. The van der Waals surface area contributed by atoms with E-state index >= 15 is 0 Å². The zero-order chi connectivity index (χ0) is 7.98. The van der Waals surface area contributed by atoms with Gasteiger partial charge in [-0.3, -0.25) is 5.32 Å². The van der Waals surface area contributed by atoms with Gasteiger partial charge in [-0.25, -0.2) is 0 Å². The zero-order valence-corrected chi connectivity index (χ0v) is 7.18. The molecule has 0 bridgehead atoms. The van der Waals surface area contributed by atoms with E-state index in [1.54, 1.807) is 14.2 Å². The van der Waals surface area contributed by atoms with Crippen LogP contribution in [0, 0.1) is 0 Å². The Bertz CT molecular complexity index is 74.0. The molecule has 0 aromatic heterocycles. The summed E-state index contributed by atoms with van der Waals surface area (Å²) in [6.07, 6.45) is 1.12. The number of methoxy groups -OCH3 is 2. The minimum absolute atomic E-state index is 0.0601. The lowest BCUT2D eigenvalue weighted by Gasteiger charge is -2.19. The molecule has 2 unspecified atom stereocenters. The Hall–Kier alpha value is -0.120. The van der Waals surface area contributed by atoms with Crippen molar-refractivity contribution in [1.82, 2.24) is 5.32 Å². The first-order valence-electron chi connectivity index (χ1n) is 3.56. The SMILES string of the molecule is CCC(NC(C)OC)OC. The van der Waals surface area contributed by atoms with Crippen molar-refractivity contribution < 1.29 is 9.47 Å². The first-order valence-corrected chi connectivity index (χ1v) is 3.56. The molecule has 2 atom stereocenters. The normalized spacial score (nSPS) is 16.8. The van der Waals surface area contributed by atoms with Crippen LogP contribution in [0.4, 0.5) is 0 Å². The second kappa shape index (κ2) is 5.65. The molecule has 3 nitrogen and oxygen atoms in total. The standard InChI is InChI=1S/C7H17NO2/c1-5-7(10-4)8-6(2)9-3/h6-8H,5H2,1-4H3. The molecular weight excluding hydrogens is 130 g/mol. The lowest BCUT2D eigenvalue weighted by atomic mass is 10.4. The summed E-state index contributed by atoms with van der Waals surface area (Å²) in [5.74, 6) is 0. The molecule has 3 heteroatoms. The van der Waals surface area contributed by atoms with Gasteiger partial charge in [0.15, 0.2) is 0 Å². The maximum atomic E-state index is 5.08. The smallest absolute Gasteiger partial charge is 0.109 e. The average Bonchev–Trinajstić information content (AvgIpc) is 1.99. The second-order valence-electron chi connectivity index (χ2n) is 2.18. The predicted octanol–water partition coefficient (Wildman–Crippen LogP) is 0.951. The fraction of sp³-hybridized carbons (Fsp3) is 1.00. The van der Waals surface area contributed by atoms with E-state index in [1.807, 2.05) is 6.92 Å². The van der Waals surface area contributed by atoms with Gasteiger partial charge in [0.1, 0.15) is 12.5 Å². The van der Waals surface area contributed by atoms with Crippen molar-refractivity contribution in [3.63, 3.8) is 0 Å². The van der Waals surface area contributed by atoms with Crippen molar-refractivity contribution in [2.24, 2.45) is 0 Å². The monoisotopic (exact) mass is 147 g/mol. The molecule has 0 aliphatic carbocycles. The number of nitrogens with one attached hydrogen (secondary N) is 1. The second-order valence-corrected chi connectivity index (χ2v) is 2.18. The van der Waals surface area contributed by atoms with Gasteiger partial charge >= 0.3 is 0 Å². The van der Waals surface area contributed by atoms with Gasteiger partial charge in [0.2, 0.25) is 0 Å². The Morgan fingerprint density at radius 2 is 1.90 bits per heavy atom. The zero-order valence-electron chi connectivity index (χ0n) is 7.18. The summed E-state index contributed by atoms with van der Waals surface area (Å²) in [6, 6.07) is 0. The highest BCUT2D eigenvalue weighted by Crippen LogP contribution is 1.93. The summed E-state index contributed by atoms with van der Waals surface area (Å²) >= 11 is 0. The van der Waals surface area contributed by atoms with Crippen molar-refractivity contribution in [3.8, 4) is 0 Å². The molecule has 0 heterocycles.